The molecule has 0 spiro atoms. The van der Waals surface area contributed by atoms with Crippen LogP contribution in [0.25, 0.3) is 10.9 Å². The zero-order chi connectivity index (χ0) is 19.0. The number of para-hydroxylation sites is 1. The molecule has 0 radical (unpaired) electrons. The van der Waals surface area contributed by atoms with Gasteiger partial charge in [0.15, 0.2) is 6.61 Å². The van der Waals surface area contributed by atoms with Crippen molar-refractivity contribution >= 4 is 22.7 Å². The molecule has 0 saturated carbocycles. The Bertz CT molecular complexity index is 995. The summed E-state index contributed by atoms with van der Waals surface area (Å²) in [6.07, 6.45) is -0.691. The monoisotopic (exact) mass is 354 g/mol. The van der Waals surface area contributed by atoms with Crippen LogP contribution in [-0.4, -0.2) is 33.4 Å². The van der Waals surface area contributed by atoms with Gasteiger partial charge in [0.05, 0.1) is 6.10 Å². The van der Waals surface area contributed by atoms with E-state index < -0.39 is 12.1 Å². The first kappa shape index (κ1) is 17.9. The number of nitrogens with one attached hydrogen (secondary N) is 2. The second kappa shape index (κ2) is 6.80. The number of H-pyrrole nitrogens is 2. The van der Waals surface area contributed by atoms with Gasteiger partial charge in [0.25, 0.3) is 0 Å². The lowest BCUT2D eigenvalue weighted by molar-refractivity contribution is 0.0469. The molecule has 0 bridgehead atoms. The molecule has 136 valence electrons. The minimum absolute atomic E-state index is 0.259. The summed E-state index contributed by atoms with van der Waals surface area (Å²) in [7, 11) is 0. The quantitative estimate of drug-likeness (QED) is 0.483. The van der Waals surface area contributed by atoms with Crippen molar-refractivity contribution in [3.8, 4) is 0 Å². The molecule has 0 aliphatic rings. The van der Waals surface area contributed by atoms with Crippen LogP contribution >= 0.6 is 0 Å². The number of hydrogen-bond donors (Lipinski definition) is 3. The highest BCUT2D eigenvalue weighted by atomic mass is 16.5. The highest BCUT2D eigenvalue weighted by molar-refractivity contribution is 6.10. The van der Waals surface area contributed by atoms with Crippen molar-refractivity contribution in [2.45, 2.75) is 33.8 Å². The summed E-state index contributed by atoms with van der Waals surface area (Å²) in [6, 6.07) is 7.51. The summed E-state index contributed by atoms with van der Waals surface area (Å²) in [6.45, 7) is 6.65. The van der Waals surface area contributed by atoms with E-state index in [1.54, 1.807) is 20.8 Å². The van der Waals surface area contributed by atoms with Gasteiger partial charge < -0.3 is 19.8 Å². The van der Waals surface area contributed by atoms with Crippen LogP contribution in [0.1, 0.15) is 56.4 Å². The Morgan fingerprint density at radius 3 is 2.46 bits per heavy atom. The minimum atomic E-state index is -0.691. The smallest absolute Gasteiger partial charge is 0.355 e. The Balaban J connectivity index is 1.79. The van der Waals surface area contributed by atoms with Crippen LogP contribution in [0, 0.1) is 20.8 Å². The predicted molar refractivity (Wildman–Crippen MR) is 98.5 cm³/mol. The normalized spacial score (nSPS) is 12.3. The zero-order valence-electron chi connectivity index (χ0n) is 15.3. The van der Waals surface area contributed by atoms with Gasteiger partial charge in [0, 0.05) is 33.4 Å². The first-order valence-corrected chi connectivity index (χ1v) is 8.46. The number of ketones is 1. The number of carbonyl (C=O) groups excluding carboxylic acids is 2. The molecule has 0 aliphatic carbocycles. The van der Waals surface area contributed by atoms with E-state index >= 15 is 0 Å². The molecule has 0 aliphatic heterocycles. The Morgan fingerprint density at radius 2 is 1.81 bits per heavy atom. The molecule has 1 atom stereocenters. The molecule has 2 aromatic heterocycles. The average Bonchev–Trinajstić information content (AvgIpc) is 3.07. The minimum Gasteiger partial charge on any atom is -0.453 e. The summed E-state index contributed by atoms with van der Waals surface area (Å²) >= 11 is 0. The maximum atomic E-state index is 12.6. The molecule has 6 nitrogen and oxygen atoms in total. The second-order valence-electron chi connectivity index (χ2n) is 6.51. The average molecular weight is 354 g/mol. The number of Topliss-reactive ketones (excluding diaryl/α,β-unsaturated/α-hetero) is 1. The van der Waals surface area contributed by atoms with E-state index in [0.717, 1.165) is 16.6 Å². The SMILES string of the molecule is Cc1[nH]c(C(=O)OCC(=O)c2c(C)[nH]c3ccccc23)c(C)c1[C@@H](C)O. The number of aromatic nitrogens is 2. The third kappa shape index (κ3) is 3.04. The van der Waals surface area contributed by atoms with Crippen molar-refractivity contribution in [3.63, 3.8) is 0 Å². The van der Waals surface area contributed by atoms with Crippen molar-refractivity contribution < 1.29 is 19.4 Å². The van der Waals surface area contributed by atoms with Gasteiger partial charge in [-0.15, -0.1) is 0 Å². The summed E-state index contributed by atoms with van der Waals surface area (Å²) in [5.41, 5.74) is 4.45. The molecule has 1 aromatic carbocycles. The molecule has 3 aromatic rings. The molecule has 0 saturated heterocycles. The molecule has 2 heterocycles. The van der Waals surface area contributed by atoms with E-state index in [9.17, 15) is 14.7 Å². The number of esters is 1. The zero-order valence-corrected chi connectivity index (χ0v) is 15.3. The van der Waals surface area contributed by atoms with Crippen molar-refractivity contribution in [1.29, 1.82) is 0 Å². The lowest BCUT2D eigenvalue weighted by Gasteiger charge is -2.06. The van der Waals surface area contributed by atoms with Crippen molar-refractivity contribution in [2.75, 3.05) is 6.61 Å². The van der Waals surface area contributed by atoms with E-state index in [4.69, 9.17) is 4.74 Å². The fourth-order valence-corrected chi connectivity index (χ4v) is 3.51. The largest absolute Gasteiger partial charge is 0.453 e. The van der Waals surface area contributed by atoms with Crippen LogP contribution in [0.5, 0.6) is 0 Å². The van der Waals surface area contributed by atoms with E-state index in [2.05, 4.69) is 9.97 Å². The van der Waals surface area contributed by atoms with Crippen molar-refractivity contribution in [3.05, 3.63) is 58.0 Å². The number of ether oxygens (including phenoxy) is 1. The Hall–Kier alpha value is -2.86. The maximum Gasteiger partial charge on any atom is 0.355 e. The Morgan fingerprint density at radius 1 is 1.12 bits per heavy atom. The summed E-state index contributed by atoms with van der Waals surface area (Å²) in [4.78, 5) is 31.1. The predicted octanol–water partition coefficient (Wildman–Crippen LogP) is 3.51. The first-order valence-electron chi connectivity index (χ1n) is 8.46. The first-order chi connectivity index (χ1) is 12.3. The van der Waals surface area contributed by atoms with Gasteiger partial charge in [0.1, 0.15) is 5.69 Å². The van der Waals surface area contributed by atoms with E-state index in [1.807, 2.05) is 31.2 Å². The number of aliphatic hydroxyl groups excluding tert-OH is 1. The lowest BCUT2D eigenvalue weighted by atomic mass is 10.1. The van der Waals surface area contributed by atoms with Gasteiger partial charge in [-0.1, -0.05) is 18.2 Å². The molecule has 3 rings (SSSR count). The number of carbonyl (C=O) groups is 2. The van der Waals surface area contributed by atoms with Crippen LogP contribution < -0.4 is 0 Å². The molecule has 0 fully saturated rings. The second-order valence-corrected chi connectivity index (χ2v) is 6.51. The van der Waals surface area contributed by atoms with Gasteiger partial charge in [-0.2, -0.15) is 0 Å². The number of rotatable bonds is 5. The van der Waals surface area contributed by atoms with E-state index in [1.165, 1.54) is 0 Å². The number of aromatic amines is 2. The van der Waals surface area contributed by atoms with Gasteiger partial charge >= 0.3 is 5.97 Å². The van der Waals surface area contributed by atoms with Gasteiger partial charge in [0.2, 0.25) is 5.78 Å². The topological polar surface area (TPSA) is 95.2 Å². The Kier molecular flexibility index (Phi) is 4.70. The molecule has 3 N–H and O–H groups in total. The molecular weight excluding hydrogens is 332 g/mol. The number of benzene rings is 1. The molecular formula is C20H22N2O4. The van der Waals surface area contributed by atoms with Gasteiger partial charge in [-0.3, -0.25) is 4.79 Å². The number of aryl methyl sites for hydroxylation is 2. The van der Waals surface area contributed by atoms with E-state index in [0.29, 0.717) is 22.4 Å². The fraction of sp³-hybridized carbons (Fsp3) is 0.300. The van der Waals surface area contributed by atoms with Crippen LogP contribution in [-0.2, 0) is 4.74 Å². The summed E-state index contributed by atoms with van der Waals surface area (Å²) in [5.74, 6) is -0.867. The van der Waals surface area contributed by atoms with Crippen LogP contribution in [0.15, 0.2) is 24.3 Å². The highest BCUT2D eigenvalue weighted by Gasteiger charge is 2.23. The third-order valence-electron chi connectivity index (χ3n) is 4.62. The number of hydrogen-bond acceptors (Lipinski definition) is 4. The van der Waals surface area contributed by atoms with Crippen LogP contribution in [0.2, 0.25) is 0 Å². The summed E-state index contributed by atoms with van der Waals surface area (Å²) < 4.78 is 5.23. The van der Waals surface area contributed by atoms with Gasteiger partial charge in [-0.25, -0.2) is 4.79 Å². The third-order valence-corrected chi connectivity index (χ3v) is 4.62. The molecule has 0 amide bonds. The number of fused-ring (bicyclic) bond motifs is 1. The van der Waals surface area contributed by atoms with Crippen LogP contribution in [0.4, 0.5) is 0 Å². The molecule has 0 unspecified atom stereocenters. The van der Waals surface area contributed by atoms with Gasteiger partial charge in [-0.05, 0) is 39.3 Å². The van der Waals surface area contributed by atoms with Crippen LogP contribution in [0.3, 0.4) is 0 Å². The highest BCUT2D eigenvalue weighted by Crippen LogP contribution is 2.25. The standard InChI is InChI=1S/C20H22N2O4/c1-10-17(13(4)23)11(2)22-19(10)20(25)26-9-16(24)18-12(3)21-15-8-6-5-7-14(15)18/h5-8,13,21-23H,9H2,1-4H3/t13-/m1/s1. The fourth-order valence-electron chi connectivity index (χ4n) is 3.51. The Labute approximate surface area is 151 Å². The lowest BCUT2D eigenvalue weighted by Crippen LogP contribution is -2.16. The van der Waals surface area contributed by atoms with Crippen molar-refractivity contribution in [2.24, 2.45) is 0 Å². The molecule has 6 heteroatoms. The molecule has 26 heavy (non-hydrogen) atoms. The van der Waals surface area contributed by atoms with Crippen molar-refractivity contribution in [1.82, 2.24) is 9.97 Å². The number of aliphatic hydroxyl groups is 1. The maximum absolute atomic E-state index is 12.6. The van der Waals surface area contributed by atoms with E-state index in [-0.39, 0.29) is 18.1 Å². The summed E-state index contributed by atoms with van der Waals surface area (Å²) in [5, 5.41) is 10.6.